The van der Waals surface area contributed by atoms with E-state index in [1.165, 1.54) is 5.56 Å². The average molecular weight is 374 g/mol. The number of benzene rings is 2. The Morgan fingerprint density at radius 2 is 1.86 bits per heavy atom. The van der Waals surface area contributed by atoms with Crippen molar-refractivity contribution in [3.63, 3.8) is 0 Å². The molecule has 0 amide bonds. The minimum atomic E-state index is -0.909. The van der Waals surface area contributed by atoms with Gasteiger partial charge in [-0.25, -0.2) is 4.79 Å². The van der Waals surface area contributed by atoms with Gasteiger partial charge in [0.05, 0.1) is 17.9 Å². The maximum atomic E-state index is 11.4. The standard InChI is InChI=1S/C23H22N2O3/c26-23(27)20-6-2-1-5-19(20)18-10-8-17(9-11-18)15-25-13-14-28-22(16-25)21-7-3-4-12-24-21/h1-12,22H,13-16H2,(H,26,27). The van der Waals surface area contributed by atoms with Gasteiger partial charge < -0.3 is 9.84 Å². The van der Waals surface area contributed by atoms with Crippen molar-refractivity contribution < 1.29 is 14.6 Å². The van der Waals surface area contributed by atoms with Gasteiger partial charge in [0.2, 0.25) is 0 Å². The van der Waals surface area contributed by atoms with E-state index in [0.717, 1.165) is 36.5 Å². The highest BCUT2D eigenvalue weighted by molar-refractivity contribution is 5.95. The predicted molar refractivity (Wildman–Crippen MR) is 107 cm³/mol. The summed E-state index contributed by atoms with van der Waals surface area (Å²) in [6.45, 7) is 3.20. The molecule has 1 N–H and O–H groups in total. The van der Waals surface area contributed by atoms with Crippen LogP contribution in [0.4, 0.5) is 0 Å². The van der Waals surface area contributed by atoms with E-state index >= 15 is 0 Å². The molecule has 1 unspecified atom stereocenters. The lowest BCUT2D eigenvalue weighted by Gasteiger charge is -2.32. The lowest BCUT2D eigenvalue weighted by atomic mass is 9.98. The van der Waals surface area contributed by atoms with Crippen molar-refractivity contribution in [3.8, 4) is 11.1 Å². The maximum absolute atomic E-state index is 11.4. The molecule has 0 bridgehead atoms. The summed E-state index contributed by atoms with van der Waals surface area (Å²) in [4.78, 5) is 18.2. The van der Waals surface area contributed by atoms with Crippen molar-refractivity contribution in [2.75, 3.05) is 19.7 Å². The molecular weight excluding hydrogens is 352 g/mol. The van der Waals surface area contributed by atoms with Crippen molar-refractivity contribution in [1.29, 1.82) is 0 Å². The highest BCUT2D eigenvalue weighted by atomic mass is 16.5. The summed E-state index contributed by atoms with van der Waals surface area (Å²) < 4.78 is 5.88. The zero-order valence-corrected chi connectivity index (χ0v) is 15.5. The Balaban J connectivity index is 1.46. The van der Waals surface area contributed by atoms with Crippen LogP contribution in [0.3, 0.4) is 0 Å². The highest BCUT2D eigenvalue weighted by Crippen LogP contribution is 2.25. The van der Waals surface area contributed by atoms with Crippen molar-refractivity contribution in [2.45, 2.75) is 12.6 Å². The van der Waals surface area contributed by atoms with Gasteiger partial charge in [0.25, 0.3) is 0 Å². The first-order valence-corrected chi connectivity index (χ1v) is 9.37. The minimum Gasteiger partial charge on any atom is -0.478 e. The molecule has 4 rings (SSSR count). The molecular formula is C23H22N2O3. The number of rotatable bonds is 5. The summed E-state index contributed by atoms with van der Waals surface area (Å²) in [5.41, 5.74) is 4.13. The van der Waals surface area contributed by atoms with Crippen LogP contribution in [0.5, 0.6) is 0 Å². The molecule has 2 aromatic carbocycles. The van der Waals surface area contributed by atoms with E-state index in [2.05, 4.69) is 22.0 Å². The molecule has 142 valence electrons. The second kappa shape index (κ2) is 8.33. The number of aromatic nitrogens is 1. The molecule has 5 nitrogen and oxygen atoms in total. The van der Waals surface area contributed by atoms with Gasteiger partial charge in [0.1, 0.15) is 6.10 Å². The Bertz CT molecular complexity index is 942. The predicted octanol–water partition coefficient (Wildman–Crippen LogP) is 4.02. The topological polar surface area (TPSA) is 62.7 Å². The normalized spacial score (nSPS) is 17.4. The van der Waals surface area contributed by atoms with Gasteiger partial charge in [0.15, 0.2) is 0 Å². The van der Waals surface area contributed by atoms with Crippen LogP contribution in [0.15, 0.2) is 72.9 Å². The monoisotopic (exact) mass is 374 g/mol. The molecule has 2 heterocycles. The molecule has 0 radical (unpaired) electrons. The van der Waals surface area contributed by atoms with Gasteiger partial charge in [-0.15, -0.1) is 0 Å². The fourth-order valence-electron chi connectivity index (χ4n) is 3.56. The lowest BCUT2D eigenvalue weighted by Crippen LogP contribution is -2.38. The number of aromatic carboxylic acids is 1. The molecule has 1 atom stereocenters. The minimum absolute atomic E-state index is 0.00309. The molecule has 1 fully saturated rings. The molecule has 0 spiro atoms. The smallest absolute Gasteiger partial charge is 0.336 e. The Kier molecular flexibility index (Phi) is 5.46. The van der Waals surface area contributed by atoms with Crippen LogP contribution >= 0.6 is 0 Å². The second-order valence-corrected chi connectivity index (χ2v) is 6.90. The van der Waals surface area contributed by atoms with Crippen LogP contribution in [0.2, 0.25) is 0 Å². The number of pyridine rings is 1. The molecule has 5 heteroatoms. The molecule has 1 saturated heterocycles. The Morgan fingerprint density at radius 1 is 1.07 bits per heavy atom. The number of nitrogens with zero attached hydrogens (tertiary/aromatic N) is 2. The van der Waals surface area contributed by atoms with E-state index in [1.807, 2.05) is 42.5 Å². The maximum Gasteiger partial charge on any atom is 0.336 e. The lowest BCUT2D eigenvalue weighted by molar-refractivity contribution is -0.0349. The zero-order chi connectivity index (χ0) is 19.3. The fraction of sp³-hybridized carbons (Fsp3) is 0.217. The van der Waals surface area contributed by atoms with Gasteiger partial charge in [-0.05, 0) is 34.9 Å². The summed E-state index contributed by atoms with van der Waals surface area (Å²) >= 11 is 0. The third kappa shape index (κ3) is 4.11. The largest absolute Gasteiger partial charge is 0.478 e. The second-order valence-electron chi connectivity index (χ2n) is 6.90. The molecule has 1 aliphatic heterocycles. The van der Waals surface area contributed by atoms with Crippen molar-refractivity contribution in [1.82, 2.24) is 9.88 Å². The molecule has 1 aromatic heterocycles. The zero-order valence-electron chi connectivity index (χ0n) is 15.5. The van der Waals surface area contributed by atoms with E-state index in [0.29, 0.717) is 12.2 Å². The Morgan fingerprint density at radius 3 is 2.61 bits per heavy atom. The summed E-state index contributed by atoms with van der Waals surface area (Å²) in [5, 5.41) is 9.39. The number of hydrogen-bond acceptors (Lipinski definition) is 4. The average Bonchev–Trinajstić information content (AvgIpc) is 2.75. The van der Waals surface area contributed by atoms with Crippen molar-refractivity contribution in [3.05, 3.63) is 89.7 Å². The van der Waals surface area contributed by atoms with Crippen LogP contribution < -0.4 is 0 Å². The number of hydrogen-bond donors (Lipinski definition) is 1. The number of carbonyl (C=O) groups is 1. The number of ether oxygens (including phenoxy) is 1. The fourth-order valence-corrected chi connectivity index (χ4v) is 3.56. The van der Waals surface area contributed by atoms with Gasteiger partial charge in [-0.2, -0.15) is 0 Å². The molecule has 0 saturated carbocycles. The van der Waals surface area contributed by atoms with Crippen molar-refractivity contribution in [2.24, 2.45) is 0 Å². The summed E-state index contributed by atoms with van der Waals surface area (Å²) in [6, 6.07) is 21.1. The van der Waals surface area contributed by atoms with Crippen LogP contribution in [-0.4, -0.2) is 40.7 Å². The quantitative estimate of drug-likeness (QED) is 0.731. The number of carboxylic acids is 1. The van der Waals surface area contributed by atoms with Gasteiger partial charge in [-0.1, -0.05) is 48.5 Å². The SMILES string of the molecule is O=C(O)c1ccccc1-c1ccc(CN2CCOC(c3ccccn3)C2)cc1. The third-order valence-electron chi connectivity index (χ3n) is 5.00. The number of carboxylic acid groups (broad SMARTS) is 1. The van der Waals surface area contributed by atoms with Crippen LogP contribution in [0.1, 0.15) is 27.7 Å². The van der Waals surface area contributed by atoms with Crippen LogP contribution in [-0.2, 0) is 11.3 Å². The third-order valence-corrected chi connectivity index (χ3v) is 5.00. The first-order valence-electron chi connectivity index (χ1n) is 9.37. The highest BCUT2D eigenvalue weighted by Gasteiger charge is 2.22. The first kappa shape index (κ1) is 18.3. The van der Waals surface area contributed by atoms with Gasteiger partial charge >= 0.3 is 5.97 Å². The van der Waals surface area contributed by atoms with Crippen LogP contribution in [0.25, 0.3) is 11.1 Å². The van der Waals surface area contributed by atoms with E-state index < -0.39 is 5.97 Å². The molecule has 3 aromatic rings. The summed E-state index contributed by atoms with van der Waals surface area (Å²) in [5.74, 6) is -0.909. The number of morpholine rings is 1. The van der Waals surface area contributed by atoms with E-state index in [9.17, 15) is 9.90 Å². The van der Waals surface area contributed by atoms with Gasteiger partial charge in [0, 0.05) is 25.8 Å². The van der Waals surface area contributed by atoms with Gasteiger partial charge in [-0.3, -0.25) is 9.88 Å². The molecule has 28 heavy (non-hydrogen) atoms. The summed E-state index contributed by atoms with van der Waals surface area (Å²) in [6.07, 6.45) is 1.79. The van der Waals surface area contributed by atoms with E-state index in [4.69, 9.17) is 4.74 Å². The molecule has 0 aliphatic carbocycles. The van der Waals surface area contributed by atoms with E-state index in [-0.39, 0.29) is 6.10 Å². The summed E-state index contributed by atoms with van der Waals surface area (Å²) in [7, 11) is 0. The Labute approximate surface area is 164 Å². The van der Waals surface area contributed by atoms with Crippen LogP contribution in [0, 0.1) is 0 Å². The Hall–Kier alpha value is -3.02. The molecule has 1 aliphatic rings. The first-order chi connectivity index (χ1) is 13.7. The van der Waals surface area contributed by atoms with Crippen molar-refractivity contribution >= 4 is 5.97 Å². The van der Waals surface area contributed by atoms with E-state index in [1.54, 1.807) is 18.3 Å².